The van der Waals surface area contributed by atoms with E-state index in [0.29, 0.717) is 4.90 Å². The van der Waals surface area contributed by atoms with Gasteiger partial charge in [0.2, 0.25) is 0 Å². The van der Waals surface area contributed by atoms with Gasteiger partial charge in [-0.25, -0.2) is 9.59 Å². The van der Waals surface area contributed by atoms with E-state index >= 15 is 0 Å². The Hall–Kier alpha value is -3.12. The Morgan fingerprint density at radius 3 is 2.23 bits per heavy atom. The van der Waals surface area contributed by atoms with Crippen LogP contribution in [0.2, 0.25) is 0 Å². The summed E-state index contributed by atoms with van der Waals surface area (Å²) in [5.74, 6) is -3.01. The molecule has 0 aliphatic rings. The number of carbonyl (C=O) groups is 2. The van der Waals surface area contributed by atoms with Crippen molar-refractivity contribution in [3.8, 4) is 0 Å². The number of carboxylic acids is 2. The van der Waals surface area contributed by atoms with E-state index in [1.165, 1.54) is 6.07 Å². The van der Waals surface area contributed by atoms with Crippen molar-refractivity contribution in [2.75, 3.05) is 0 Å². The van der Waals surface area contributed by atoms with Gasteiger partial charge in [-0.3, -0.25) is 20.2 Å². The molecule has 26 heavy (non-hydrogen) atoms. The van der Waals surface area contributed by atoms with Crippen LogP contribution in [0.3, 0.4) is 0 Å². The summed E-state index contributed by atoms with van der Waals surface area (Å²) in [5.41, 5.74) is -2.54. The van der Waals surface area contributed by atoms with Crippen molar-refractivity contribution in [2.24, 2.45) is 0 Å². The molecule has 0 aliphatic heterocycles. The molecule has 0 amide bonds. The second kappa shape index (κ2) is 8.82. The molecule has 0 saturated heterocycles. The summed E-state index contributed by atoms with van der Waals surface area (Å²) in [6.07, 6.45) is 0.911. The molecule has 1 aromatic rings. The molecule has 0 fully saturated rings. The Balaban J connectivity index is 2.98. The van der Waals surface area contributed by atoms with Crippen LogP contribution in [0.1, 0.15) is 10.4 Å². The molecule has 12 heteroatoms. The first-order valence-electron chi connectivity index (χ1n) is 6.38. The van der Waals surface area contributed by atoms with Crippen molar-refractivity contribution >= 4 is 39.2 Å². The van der Waals surface area contributed by atoms with E-state index in [1.54, 1.807) is 0 Å². The Labute approximate surface area is 153 Å². The highest BCUT2D eigenvalue weighted by molar-refractivity contribution is 8.78. The number of nitrogens with zero attached hydrogens (tertiary/aromatic N) is 2. The average Bonchev–Trinajstić information content (AvgIpc) is 2.56. The van der Waals surface area contributed by atoms with E-state index in [2.05, 4.69) is 13.2 Å². The summed E-state index contributed by atoms with van der Waals surface area (Å²) in [4.78, 5) is 42.2. The molecule has 0 unspecified atom stereocenters. The zero-order valence-electron chi connectivity index (χ0n) is 12.8. The summed E-state index contributed by atoms with van der Waals surface area (Å²) < 4.78 is 0. The van der Waals surface area contributed by atoms with Gasteiger partial charge >= 0.3 is 11.9 Å². The maximum absolute atomic E-state index is 10.9. The Morgan fingerprint density at radius 1 is 1.15 bits per heavy atom. The fourth-order valence-corrected chi connectivity index (χ4v) is 3.24. The number of aliphatic carboxylic acids is 1. The lowest BCUT2D eigenvalue weighted by Gasteiger charge is -2.04. The lowest BCUT2D eigenvalue weighted by Crippen LogP contribution is -2.09. The summed E-state index contributed by atoms with van der Waals surface area (Å²) in [6.45, 7) is 6.64. The van der Waals surface area contributed by atoms with E-state index in [0.717, 1.165) is 39.8 Å². The van der Waals surface area contributed by atoms with E-state index < -0.39 is 44.3 Å². The molecule has 1 rings (SSSR count). The molecule has 0 aromatic heterocycles. The predicted molar refractivity (Wildman–Crippen MR) is 94.5 cm³/mol. The second-order valence-electron chi connectivity index (χ2n) is 4.44. The van der Waals surface area contributed by atoms with Crippen LogP contribution in [0.5, 0.6) is 0 Å². The van der Waals surface area contributed by atoms with Crippen LogP contribution in [-0.4, -0.2) is 32.0 Å². The number of aromatic carboxylic acids is 1. The van der Waals surface area contributed by atoms with Gasteiger partial charge < -0.3 is 10.2 Å². The van der Waals surface area contributed by atoms with Crippen molar-refractivity contribution in [1.82, 2.24) is 0 Å². The molecule has 0 aliphatic carbocycles. The number of nitro groups is 2. The summed E-state index contributed by atoms with van der Waals surface area (Å²) >= 11 is 0. The quantitative estimate of drug-likeness (QED) is 0.207. The number of hydrogen-bond acceptors (Lipinski definition) is 8. The Bertz CT molecular complexity index is 863. The molecule has 0 heterocycles. The average molecular weight is 398 g/mol. The van der Waals surface area contributed by atoms with Crippen molar-refractivity contribution in [3.63, 3.8) is 0 Å². The SMILES string of the molecule is C=C(/C=C(\C(=C)C(=O)O)[N+](=O)[O-])SSc1ccc(C(=O)O)c([N+](=O)[O-])c1. The van der Waals surface area contributed by atoms with Gasteiger partial charge in [0.1, 0.15) is 11.1 Å². The fraction of sp³-hybridized carbons (Fsp3) is 0. The predicted octanol–water partition coefficient (Wildman–Crippen LogP) is 3.35. The highest BCUT2D eigenvalue weighted by Crippen LogP contribution is 2.39. The second-order valence-corrected chi connectivity index (χ2v) is 6.77. The van der Waals surface area contributed by atoms with Crippen LogP contribution in [0.25, 0.3) is 0 Å². The topological polar surface area (TPSA) is 161 Å². The van der Waals surface area contributed by atoms with Crippen molar-refractivity contribution in [1.29, 1.82) is 0 Å². The van der Waals surface area contributed by atoms with Crippen LogP contribution in [0.15, 0.2) is 58.5 Å². The number of rotatable bonds is 9. The minimum atomic E-state index is -1.56. The molecule has 1 aromatic carbocycles. The lowest BCUT2D eigenvalue weighted by molar-refractivity contribution is -0.420. The normalized spacial score (nSPS) is 10.8. The molecular formula is C14H10N2O8S2. The standard InChI is InChI=1S/C14H10N2O8S2/c1-7(5-11(15(21)22)8(2)13(17)18)25-26-9-3-4-10(14(19)20)12(6-9)16(23)24/h3-6H,1-2H2,(H,17,18)(H,19,20)/b11-5+. The summed E-state index contributed by atoms with van der Waals surface area (Å²) in [7, 11) is 1.81. The molecule has 136 valence electrons. The molecule has 0 saturated carbocycles. The third-order valence-electron chi connectivity index (χ3n) is 2.70. The summed E-state index contributed by atoms with van der Waals surface area (Å²) in [6, 6.07) is 3.44. The fourth-order valence-electron chi connectivity index (χ4n) is 1.53. The van der Waals surface area contributed by atoms with Gasteiger partial charge in [0, 0.05) is 21.9 Å². The minimum Gasteiger partial charge on any atom is -0.477 e. The van der Waals surface area contributed by atoms with E-state index in [-0.39, 0.29) is 4.91 Å². The van der Waals surface area contributed by atoms with Gasteiger partial charge in [-0.1, -0.05) is 34.7 Å². The maximum Gasteiger partial charge on any atom is 0.342 e. The molecule has 0 radical (unpaired) electrons. The number of benzene rings is 1. The first-order valence-corrected chi connectivity index (χ1v) is 8.53. The minimum absolute atomic E-state index is 0.0917. The Kier molecular flexibility index (Phi) is 7.10. The van der Waals surface area contributed by atoms with Gasteiger partial charge in [-0.05, 0) is 12.1 Å². The zero-order valence-corrected chi connectivity index (χ0v) is 14.4. The van der Waals surface area contributed by atoms with Crippen LogP contribution in [-0.2, 0) is 4.79 Å². The van der Waals surface area contributed by atoms with Crippen LogP contribution >= 0.6 is 21.6 Å². The molecular weight excluding hydrogens is 388 g/mol. The molecule has 2 N–H and O–H groups in total. The van der Waals surface area contributed by atoms with Gasteiger partial charge in [0.15, 0.2) is 0 Å². The van der Waals surface area contributed by atoms with E-state index in [4.69, 9.17) is 10.2 Å². The highest BCUT2D eigenvalue weighted by atomic mass is 33.1. The maximum atomic E-state index is 10.9. The highest BCUT2D eigenvalue weighted by Gasteiger charge is 2.23. The zero-order chi connectivity index (χ0) is 20.0. The van der Waals surface area contributed by atoms with Crippen LogP contribution in [0, 0.1) is 20.2 Å². The number of nitro benzene ring substituents is 1. The smallest absolute Gasteiger partial charge is 0.342 e. The number of allylic oxidation sites excluding steroid dienone is 1. The van der Waals surface area contributed by atoms with Crippen molar-refractivity contribution < 1.29 is 29.6 Å². The first kappa shape index (κ1) is 20.9. The number of carboxylic acid groups (broad SMARTS) is 2. The van der Waals surface area contributed by atoms with Crippen molar-refractivity contribution in [2.45, 2.75) is 4.90 Å². The lowest BCUT2D eigenvalue weighted by atomic mass is 10.2. The monoisotopic (exact) mass is 398 g/mol. The number of hydrogen-bond donors (Lipinski definition) is 2. The third-order valence-corrected chi connectivity index (χ3v) is 5.03. The molecule has 10 nitrogen and oxygen atoms in total. The van der Waals surface area contributed by atoms with E-state index in [9.17, 15) is 29.8 Å². The largest absolute Gasteiger partial charge is 0.477 e. The van der Waals surface area contributed by atoms with Crippen LogP contribution < -0.4 is 0 Å². The third kappa shape index (κ3) is 5.46. The van der Waals surface area contributed by atoms with Gasteiger partial charge in [0.25, 0.3) is 11.4 Å². The Morgan fingerprint density at radius 2 is 1.77 bits per heavy atom. The first-order chi connectivity index (χ1) is 12.0. The molecule has 0 atom stereocenters. The van der Waals surface area contributed by atoms with Crippen molar-refractivity contribution in [3.05, 3.63) is 79.4 Å². The van der Waals surface area contributed by atoms with Gasteiger partial charge in [-0.15, -0.1) is 0 Å². The van der Waals surface area contributed by atoms with Gasteiger partial charge in [-0.2, -0.15) is 0 Å². The van der Waals surface area contributed by atoms with Gasteiger partial charge in [0.05, 0.1) is 9.85 Å². The summed E-state index contributed by atoms with van der Waals surface area (Å²) in [5, 5.41) is 39.5. The molecule has 0 bridgehead atoms. The molecule has 0 spiro atoms. The van der Waals surface area contributed by atoms with E-state index in [1.807, 2.05) is 0 Å². The van der Waals surface area contributed by atoms with Crippen LogP contribution in [0.4, 0.5) is 5.69 Å².